The normalized spacial score (nSPS) is 11.2. The van der Waals surface area contributed by atoms with E-state index in [2.05, 4.69) is 10.1 Å². The third kappa shape index (κ3) is 5.60. The third-order valence-electron chi connectivity index (χ3n) is 5.36. The van der Waals surface area contributed by atoms with Gasteiger partial charge >= 0.3 is 18.1 Å². The second-order valence-electron chi connectivity index (χ2n) is 7.73. The molecule has 0 N–H and O–H groups in total. The van der Waals surface area contributed by atoms with Crippen molar-refractivity contribution in [2.45, 2.75) is 16.1 Å². The molecule has 39 heavy (non-hydrogen) atoms. The summed E-state index contributed by atoms with van der Waals surface area (Å²) in [5.41, 5.74) is -1.66. The Morgan fingerprint density at radius 2 is 1.69 bits per heavy atom. The van der Waals surface area contributed by atoms with Crippen LogP contribution in [0.15, 0.2) is 76.8 Å². The van der Waals surface area contributed by atoms with E-state index in [1.54, 1.807) is 30.3 Å². The summed E-state index contributed by atoms with van der Waals surface area (Å²) in [5.74, 6) is -1.90. The van der Waals surface area contributed by atoms with Crippen molar-refractivity contribution in [2.75, 3.05) is 14.2 Å². The van der Waals surface area contributed by atoms with Crippen LogP contribution in [0.5, 0.6) is 0 Å². The van der Waals surface area contributed by atoms with Gasteiger partial charge in [0, 0.05) is 28.8 Å². The third-order valence-corrected chi connectivity index (χ3v) is 6.39. The van der Waals surface area contributed by atoms with Gasteiger partial charge < -0.3 is 9.47 Å². The second-order valence-corrected chi connectivity index (χ2v) is 8.79. The maximum Gasteiger partial charge on any atom is 0.417 e. The SMILES string of the molecule is COC(=O)c1c(-c2cc([N+](=O)[O-])ccc2Sc2ccc(C(F)(F)F)cn2)nn(-c2ccccc2)c1C(=O)OC. The van der Waals surface area contributed by atoms with Gasteiger partial charge in [-0.2, -0.15) is 18.3 Å². The molecule has 4 rings (SSSR count). The topological polar surface area (TPSA) is 126 Å². The molecule has 0 amide bonds. The average Bonchev–Trinajstić information content (AvgIpc) is 3.33. The van der Waals surface area contributed by atoms with Crippen LogP contribution in [0.4, 0.5) is 18.9 Å². The number of benzene rings is 2. The van der Waals surface area contributed by atoms with Crippen LogP contribution in [0.3, 0.4) is 0 Å². The van der Waals surface area contributed by atoms with Gasteiger partial charge in [-0.25, -0.2) is 19.3 Å². The number of nitro groups is 1. The molecule has 0 fully saturated rings. The van der Waals surface area contributed by atoms with E-state index < -0.39 is 28.6 Å². The van der Waals surface area contributed by atoms with Crippen molar-refractivity contribution in [3.63, 3.8) is 0 Å². The maximum absolute atomic E-state index is 13.0. The van der Waals surface area contributed by atoms with Gasteiger partial charge in [0.05, 0.1) is 30.4 Å². The number of esters is 2. The van der Waals surface area contributed by atoms with Crippen LogP contribution in [0.2, 0.25) is 0 Å². The number of rotatable bonds is 7. The summed E-state index contributed by atoms with van der Waals surface area (Å²) in [5, 5.41) is 16.2. The molecular weight excluding hydrogens is 541 g/mol. The molecule has 0 aliphatic rings. The van der Waals surface area contributed by atoms with E-state index >= 15 is 0 Å². The Balaban J connectivity index is 1.97. The van der Waals surface area contributed by atoms with Crippen molar-refractivity contribution >= 4 is 29.4 Å². The first kappa shape index (κ1) is 27.3. The maximum atomic E-state index is 13.0. The van der Waals surface area contributed by atoms with E-state index in [0.29, 0.717) is 11.9 Å². The van der Waals surface area contributed by atoms with Crippen LogP contribution >= 0.6 is 11.8 Å². The Bertz CT molecular complexity index is 1560. The van der Waals surface area contributed by atoms with Gasteiger partial charge in [0.15, 0.2) is 5.69 Å². The zero-order valence-corrected chi connectivity index (χ0v) is 20.9. The zero-order chi connectivity index (χ0) is 28.3. The lowest BCUT2D eigenvalue weighted by molar-refractivity contribution is -0.384. The van der Waals surface area contributed by atoms with Crippen molar-refractivity contribution in [3.8, 4) is 16.9 Å². The quantitative estimate of drug-likeness (QED) is 0.162. The minimum Gasteiger partial charge on any atom is -0.465 e. The summed E-state index contributed by atoms with van der Waals surface area (Å²) in [6.07, 6.45) is -3.93. The summed E-state index contributed by atoms with van der Waals surface area (Å²) < 4.78 is 49.9. The first-order valence-electron chi connectivity index (χ1n) is 10.9. The number of halogens is 3. The summed E-state index contributed by atoms with van der Waals surface area (Å²) in [6.45, 7) is 0. The number of nitro benzene ring substituents is 1. The van der Waals surface area contributed by atoms with E-state index in [9.17, 15) is 32.9 Å². The number of methoxy groups -OCH3 is 2. The number of ether oxygens (including phenoxy) is 2. The van der Waals surface area contributed by atoms with Crippen LogP contribution < -0.4 is 0 Å². The largest absolute Gasteiger partial charge is 0.465 e. The molecule has 0 aliphatic heterocycles. The molecule has 4 aromatic rings. The van der Waals surface area contributed by atoms with E-state index in [0.717, 1.165) is 48.9 Å². The van der Waals surface area contributed by atoms with Gasteiger partial charge in [0.25, 0.3) is 5.69 Å². The van der Waals surface area contributed by atoms with Crippen molar-refractivity contribution in [1.29, 1.82) is 0 Å². The number of nitrogens with zero attached hydrogens (tertiary/aromatic N) is 4. The Hall–Kier alpha value is -4.72. The number of hydrogen-bond acceptors (Lipinski definition) is 9. The summed E-state index contributed by atoms with van der Waals surface area (Å²) in [7, 11) is 2.19. The van der Waals surface area contributed by atoms with E-state index in [-0.39, 0.29) is 38.1 Å². The molecule has 0 saturated carbocycles. The molecule has 0 bridgehead atoms. The van der Waals surface area contributed by atoms with Gasteiger partial charge in [-0.1, -0.05) is 30.0 Å². The fourth-order valence-electron chi connectivity index (χ4n) is 3.57. The molecular formula is C25H17F3N4O6S. The molecule has 0 spiro atoms. The Labute approximate surface area is 222 Å². The van der Waals surface area contributed by atoms with Crippen molar-refractivity contribution in [1.82, 2.24) is 14.8 Å². The smallest absolute Gasteiger partial charge is 0.417 e. The van der Waals surface area contributed by atoms with Gasteiger partial charge in [0.1, 0.15) is 16.3 Å². The first-order chi connectivity index (χ1) is 18.5. The van der Waals surface area contributed by atoms with E-state index in [1.807, 2.05) is 0 Å². The lowest BCUT2D eigenvalue weighted by Crippen LogP contribution is -2.15. The zero-order valence-electron chi connectivity index (χ0n) is 20.1. The standard InChI is InChI=1S/C25H17F3N4O6S/c1-37-23(33)20-21(30-31(22(20)24(34)38-2)15-6-4-3-5-7-15)17-12-16(32(35)36)9-10-18(17)39-19-11-8-14(13-29-19)25(26,27)28/h3-13H,1-2H3. The minimum atomic E-state index is -4.58. The molecule has 200 valence electrons. The molecule has 0 atom stereocenters. The number of carbonyl (C=O) groups excluding carboxylic acids is 2. The number of carbonyl (C=O) groups is 2. The Morgan fingerprint density at radius 3 is 2.26 bits per heavy atom. The summed E-state index contributed by atoms with van der Waals surface area (Å²) in [6, 6.07) is 13.9. The monoisotopic (exact) mass is 558 g/mol. The van der Waals surface area contributed by atoms with Gasteiger partial charge in [-0.3, -0.25) is 10.1 Å². The fraction of sp³-hybridized carbons (Fsp3) is 0.120. The molecule has 0 saturated heterocycles. The predicted molar refractivity (Wildman–Crippen MR) is 132 cm³/mol. The van der Waals surface area contributed by atoms with Crippen LogP contribution in [-0.2, 0) is 15.7 Å². The van der Waals surface area contributed by atoms with Crippen molar-refractivity contribution < 1.29 is 37.2 Å². The summed E-state index contributed by atoms with van der Waals surface area (Å²) in [4.78, 5) is 40.8. The number of non-ortho nitro benzene ring substituents is 1. The molecule has 0 unspecified atom stereocenters. The predicted octanol–water partition coefficient (Wildman–Crippen LogP) is 5.59. The van der Waals surface area contributed by atoms with E-state index in [1.165, 1.54) is 12.1 Å². The highest BCUT2D eigenvalue weighted by molar-refractivity contribution is 7.99. The van der Waals surface area contributed by atoms with Gasteiger partial charge in [-0.15, -0.1) is 0 Å². The first-order valence-corrected chi connectivity index (χ1v) is 11.7. The fourth-order valence-corrected chi connectivity index (χ4v) is 4.44. The van der Waals surface area contributed by atoms with Crippen LogP contribution in [0, 0.1) is 10.1 Å². The van der Waals surface area contributed by atoms with Crippen LogP contribution in [-0.4, -0.2) is 45.8 Å². The van der Waals surface area contributed by atoms with Crippen molar-refractivity contribution in [2.24, 2.45) is 0 Å². The Kier molecular flexibility index (Phi) is 7.67. The highest BCUT2D eigenvalue weighted by Gasteiger charge is 2.33. The van der Waals surface area contributed by atoms with Gasteiger partial charge in [0.2, 0.25) is 0 Å². The average molecular weight is 558 g/mol. The van der Waals surface area contributed by atoms with Gasteiger partial charge in [-0.05, 0) is 30.3 Å². The molecule has 2 aromatic carbocycles. The number of pyridine rings is 1. The highest BCUT2D eigenvalue weighted by Crippen LogP contribution is 2.40. The number of aromatic nitrogens is 3. The number of alkyl halides is 3. The van der Waals surface area contributed by atoms with E-state index in [4.69, 9.17) is 9.47 Å². The molecule has 0 radical (unpaired) electrons. The number of para-hydroxylation sites is 1. The lowest BCUT2D eigenvalue weighted by Gasteiger charge is -2.10. The minimum absolute atomic E-state index is 0.0381. The summed E-state index contributed by atoms with van der Waals surface area (Å²) >= 11 is 0.883. The van der Waals surface area contributed by atoms with Crippen LogP contribution in [0.25, 0.3) is 16.9 Å². The van der Waals surface area contributed by atoms with Crippen LogP contribution in [0.1, 0.15) is 26.4 Å². The Morgan fingerprint density at radius 1 is 1.00 bits per heavy atom. The lowest BCUT2D eigenvalue weighted by atomic mass is 10.0. The molecule has 14 heteroatoms. The second kappa shape index (κ2) is 10.9. The molecule has 0 aliphatic carbocycles. The molecule has 2 heterocycles. The van der Waals surface area contributed by atoms with Crippen molar-refractivity contribution in [3.05, 3.63) is 93.8 Å². The highest BCUT2D eigenvalue weighted by atomic mass is 32.2. The molecule has 2 aromatic heterocycles. The number of hydrogen-bond donors (Lipinski definition) is 0. The molecule has 10 nitrogen and oxygen atoms in total.